The van der Waals surface area contributed by atoms with E-state index < -0.39 is 10.1 Å². The molecule has 2 aliphatic rings. The Kier molecular flexibility index (Phi) is 4.65. The van der Waals surface area contributed by atoms with E-state index in [4.69, 9.17) is 13.7 Å². The largest absolute Gasteiger partial charge is 0.475 e. The highest BCUT2D eigenvalue weighted by Gasteiger charge is 2.21. The Bertz CT molecular complexity index is 1020. The van der Waals surface area contributed by atoms with E-state index in [1.165, 1.54) is 0 Å². The van der Waals surface area contributed by atoms with Crippen molar-refractivity contribution in [2.45, 2.75) is 31.9 Å². The number of ether oxygens (including phenoxy) is 2. The van der Waals surface area contributed by atoms with Crippen LogP contribution in [0.25, 0.3) is 11.3 Å². The van der Waals surface area contributed by atoms with Crippen LogP contribution in [0.4, 0.5) is 0 Å². The third kappa shape index (κ3) is 3.98. The number of benzene rings is 1. The van der Waals surface area contributed by atoms with Crippen LogP contribution in [0.5, 0.6) is 11.6 Å². The minimum Gasteiger partial charge on any atom is -0.475 e. The van der Waals surface area contributed by atoms with E-state index in [2.05, 4.69) is 4.98 Å². The minimum atomic E-state index is -3.59. The normalized spacial score (nSPS) is 18.6. The van der Waals surface area contributed by atoms with E-state index >= 15 is 0 Å². The summed E-state index contributed by atoms with van der Waals surface area (Å²) in [7, 11) is -3.59. The van der Waals surface area contributed by atoms with E-state index in [1.807, 2.05) is 0 Å². The average molecular weight is 392 g/mol. The first-order valence-corrected chi connectivity index (χ1v) is 10.6. The molecule has 27 heavy (non-hydrogen) atoms. The molecular formula is C18H20N2O6S. The third-order valence-electron chi connectivity index (χ3n) is 4.63. The SMILES string of the molecule is CS(=O)(=O)Oc1ccc2c(c1)CCn1c-2cc(OCC2CCCO2)nc1=O. The zero-order chi connectivity index (χ0) is 19.0. The van der Waals surface area contributed by atoms with Crippen molar-refractivity contribution in [3.63, 3.8) is 0 Å². The molecule has 9 heteroatoms. The van der Waals surface area contributed by atoms with Crippen molar-refractivity contribution < 1.29 is 22.1 Å². The van der Waals surface area contributed by atoms with Gasteiger partial charge in [-0.1, -0.05) is 0 Å². The standard InChI is InChI=1S/C18H20N2O6S/c1-27(22,23)26-13-4-5-15-12(9-13)6-7-20-16(15)10-17(19-18(20)21)25-11-14-3-2-8-24-14/h4-5,9-10,14H,2-3,6-8,11H2,1H3. The number of aromatic nitrogens is 2. The number of hydrogen-bond acceptors (Lipinski definition) is 7. The molecule has 1 aromatic heterocycles. The fourth-order valence-corrected chi connectivity index (χ4v) is 3.89. The smallest absolute Gasteiger partial charge is 0.351 e. The Balaban J connectivity index is 1.64. The van der Waals surface area contributed by atoms with E-state index in [1.54, 1.807) is 28.8 Å². The van der Waals surface area contributed by atoms with Crippen LogP contribution in [0.15, 0.2) is 29.1 Å². The molecule has 1 aromatic carbocycles. The maximum Gasteiger partial charge on any atom is 0.351 e. The van der Waals surface area contributed by atoms with Gasteiger partial charge in [0.05, 0.1) is 18.1 Å². The Morgan fingerprint density at radius 1 is 1.33 bits per heavy atom. The van der Waals surface area contributed by atoms with Crippen molar-refractivity contribution in [1.82, 2.24) is 9.55 Å². The van der Waals surface area contributed by atoms with E-state index in [0.717, 1.165) is 36.8 Å². The van der Waals surface area contributed by atoms with Crippen LogP contribution in [0.3, 0.4) is 0 Å². The van der Waals surface area contributed by atoms with Crippen molar-refractivity contribution in [3.05, 3.63) is 40.3 Å². The van der Waals surface area contributed by atoms with Gasteiger partial charge in [0.15, 0.2) is 0 Å². The highest BCUT2D eigenvalue weighted by molar-refractivity contribution is 7.86. The highest BCUT2D eigenvalue weighted by Crippen LogP contribution is 2.32. The van der Waals surface area contributed by atoms with Gasteiger partial charge in [-0.05, 0) is 43.0 Å². The monoisotopic (exact) mass is 392 g/mol. The molecule has 2 aromatic rings. The van der Waals surface area contributed by atoms with Gasteiger partial charge in [0, 0.05) is 24.8 Å². The predicted molar refractivity (Wildman–Crippen MR) is 97.6 cm³/mol. The van der Waals surface area contributed by atoms with Gasteiger partial charge in [0.1, 0.15) is 12.4 Å². The van der Waals surface area contributed by atoms with Crippen molar-refractivity contribution >= 4 is 10.1 Å². The van der Waals surface area contributed by atoms with Gasteiger partial charge in [-0.25, -0.2) is 4.79 Å². The molecule has 0 bridgehead atoms. The molecule has 0 N–H and O–H groups in total. The molecule has 1 atom stereocenters. The first-order valence-electron chi connectivity index (χ1n) is 8.78. The number of fused-ring (bicyclic) bond motifs is 3. The maximum atomic E-state index is 12.4. The summed E-state index contributed by atoms with van der Waals surface area (Å²) >= 11 is 0. The summed E-state index contributed by atoms with van der Waals surface area (Å²) < 4.78 is 40.4. The Hall–Kier alpha value is -2.39. The molecule has 3 heterocycles. The lowest BCUT2D eigenvalue weighted by Gasteiger charge is -2.22. The number of hydrogen-bond donors (Lipinski definition) is 0. The lowest BCUT2D eigenvalue weighted by Crippen LogP contribution is -2.29. The molecule has 0 saturated carbocycles. The molecule has 0 radical (unpaired) electrons. The minimum absolute atomic E-state index is 0.0357. The molecule has 144 valence electrons. The summed E-state index contributed by atoms with van der Waals surface area (Å²) in [5, 5.41) is 0. The van der Waals surface area contributed by atoms with Crippen LogP contribution in [-0.4, -0.2) is 43.5 Å². The second-order valence-corrected chi connectivity index (χ2v) is 8.29. The second kappa shape index (κ2) is 6.97. The quantitative estimate of drug-likeness (QED) is 0.709. The molecule has 1 saturated heterocycles. The highest BCUT2D eigenvalue weighted by atomic mass is 32.2. The molecule has 0 spiro atoms. The summed E-state index contributed by atoms with van der Waals surface area (Å²) in [6, 6.07) is 6.76. The molecule has 8 nitrogen and oxygen atoms in total. The molecule has 4 rings (SSSR count). The number of nitrogens with zero attached hydrogens (tertiary/aromatic N) is 2. The third-order valence-corrected chi connectivity index (χ3v) is 5.13. The lowest BCUT2D eigenvalue weighted by molar-refractivity contribution is 0.0661. The van der Waals surface area contributed by atoms with Gasteiger partial charge in [-0.3, -0.25) is 4.57 Å². The topological polar surface area (TPSA) is 96.7 Å². The first kappa shape index (κ1) is 18.0. The van der Waals surface area contributed by atoms with Gasteiger partial charge >= 0.3 is 15.8 Å². The first-order chi connectivity index (χ1) is 12.9. The van der Waals surface area contributed by atoms with E-state index in [-0.39, 0.29) is 23.4 Å². The number of aryl methyl sites for hydroxylation is 1. The van der Waals surface area contributed by atoms with Crippen LogP contribution in [0.2, 0.25) is 0 Å². The molecular weight excluding hydrogens is 372 g/mol. The second-order valence-electron chi connectivity index (χ2n) is 6.72. The zero-order valence-electron chi connectivity index (χ0n) is 14.9. The van der Waals surface area contributed by atoms with Crippen LogP contribution in [-0.2, 0) is 27.8 Å². The summed E-state index contributed by atoms with van der Waals surface area (Å²) in [6.07, 6.45) is 3.58. The summed E-state index contributed by atoms with van der Waals surface area (Å²) in [6.45, 7) is 1.56. The molecule has 0 amide bonds. The van der Waals surface area contributed by atoms with Crippen molar-refractivity contribution in [2.75, 3.05) is 19.5 Å². The van der Waals surface area contributed by atoms with Crippen LogP contribution in [0, 0.1) is 0 Å². The summed E-state index contributed by atoms with van der Waals surface area (Å²) in [5.74, 6) is 0.530. The predicted octanol–water partition coefficient (Wildman–Crippen LogP) is 1.36. The van der Waals surface area contributed by atoms with Crippen molar-refractivity contribution in [1.29, 1.82) is 0 Å². The van der Waals surface area contributed by atoms with Crippen molar-refractivity contribution in [2.24, 2.45) is 0 Å². The maximum absolute atomic E-state index is 12.4. The van der Waals surface area contributed by atoms with Crippen LogP contribution >= 0.6 is 0 Å². The van der Waals surface area contributed by atoms with Crippen LogP contribution in [0.1, 0.15) is 18.4 Å². The zero-order valence-corrected chi connectivity index (χ0v) is 15.7. The van der Waals surface area contributed by atoms with Gasteiger partial charge in [0.2, 0.25) is 5.88 Å². The fourth-order valence-electron chi connectivity index (χ4n) is 3.44. The molecule has 1 fully saturated rings. The summed E-state index contributed by atoms with van der Waals surface area (Å²) in [5.41, 5.74) is 2.08. The molecule has 0 aliphatic carbocycles. The average Bonchev–Trinajstić information content (AvgIpc) is 3.11. The van der Waals surface area contributed by atoms with E-state index in [9.17, 15) is 13.2 Å². The Labute approximate surface area is 156 Å². The van der Waals surface area contributed by atoms with Gasteiger partial charge in [0.25, 0.3) is 0 Å². The molecule has 2 aliphatic heterocycles. The van der Waals surface area contributed by atoms with Crippen molar-refractivity contribution in [3.8, 4) is 22.9 Å². The Morgan fingerprint density at radius 3 is 2.93 bits per heavy atom. The van der Waals surface area contributed by atoms with E-state index in [0.29, 0.717) is 25.3 Å². The van der Waals surface area contributed by atoms with Crippen LogP contribution < -0.4 is 14.6 Å². The fraction of sp³-hybridized carbons (Fsp3) is 0.444. The van der Waals surface area contributed by atoms with Gasteiger partial charge in [-0.15, -0.1) is 0 Å². The van der Waals surface area contributed by atoms with Gasteiger partial charge in [-0.2, -0.15) is 13.4 Å². The van der Waals surface area contributed by atoms with Gasteiger partial charge < -0.3 is 13.7 Å². The Morgan fingerprint density at radius 2 is 2.19 bits per heavy atom. The number of rotatable bonds is 5. The summed E-state index contributed by atoms with van der Waals surface area (Å²) in [4.78, 5) is 16.4. The lowest BCUT2D eigenvalue weighted by atomic mass is 9.97. The molecule has 1 unspecified atom stereocenters.